The van der Waals surface area contributed by atoms with Gasteiger partial charge < -0.3 is 9.64 Å². The van der Waals surface area contributed by atoms with E-state index in [1.165, 1.54) is 7.11 Å². The highest BCUT2D eigenvalue weighted by Crippen LogP contribution is 2.33. The standard InChI is InChI=1S/C13H15Cl2NO3S/c1-19-11(17)7-16(8-4-2-3-5-8)13(18)9-6-10(14)20-12(9)15/h6,8H,2-5,7H2,1H3. The average Bonchev–Trinajstić information content (AvgIpc) is 3.04. The van der Waals surface area contributed by atoms with Crippen molar-refractivity contribution in [2.75, 3.05) is 13.7 Å². The molecule has 2 rings (SSSR count). The van der Waals surface area contributed by atoms with E-state index in [0.29, 0.717) is 14.2 Å². The lowest BCUT2D eigenvalue weighted by molar-refractivity contribution is -0.141. The number of amides is 1. The van der Waals surface area contributed by atoms with Gasteiger partial charge in [-0.05, 0) is 18.9 Å². The van der Waals surface area contributed by atoms with Crippen LogP contribution >= 0.6 is 34.5 Å². The van der Waals surface area contributed by atoms with Crippen molar-refractivity contribution in [3.05, 3.63) is 20.3 Å². The van der Waals surface area contributed by atoms with E-state index in [2.05, 4.69) is 4.74 Å². The maximum Gasteiger partial charge on any atom is 0.325 e. The third kappa shape index (κ3) is 3.45. The van der Waals surface area contributed by atoms with Crippen molar-refractivity contribution in [1.82, 2.24) is 4.90 Å². The quantitative estimate of drug-likeness (QED) is 0.789. The molecule has 4 nitrogen and oxygen atoms in total. The monoisotopic (exact) mass is 335 g/mol. The molecule has 1 saturated carbocycles. The average molecular weight is 336 g/mol. The van der Waals surface area contributed by atoms with Gasteiger partial charge in [0.1, 0.15) is 10.9 Å². The van der Waals surface area contributed by atoms with Crippen LogP contribution in [0.25, 0.3) is 0 Å². The number of esters is 1. The second-order valence-electron chi connectivity index (χ2n) is 4.69. The summed E-state index contributed by atoms with van der Waals surface area (Å²) >= 11 is 13.1. The van der Waals surface area contributed by atoms with Gasteiger partial charge in [-0.25, -0.2) is 0 Å². The van der Waals surface area contributed by atoms with Gasteiger partial charge in [0.2, 0.25) is 0 Å². The number of methoxy groups -OCH3 is 1. The van der Waals surface area contributed by atoms with Gasteiger partial charge in [-0.15, -0.1) is 11.3 Å². The zero-order chi connectivity index (χ0) is 14.7. The van der Waals surface area contributed by atoms with Gasteiger partial charge in [0.15, 0.2) is 0 Å². The predicted molar refractivity (Wildman–Crippen MR) is 79.6 cm³/mol. The van der Waals surface area contributed by atoms with E-state index < -0.39 is 5.97 Å². The summed E-state index contributed by atoms with van der Waals surface area (Å²) in [6.45, 7) is -0.0518. The number of hydrogen-bond acceptors (Lipinski definition) is 4. The highest BCUT2D eigenvalue weighted by Gasteiger charge is 2.31. The minimum atomic E-state index is -0.428. The Kier molecular flexibility index (Phi) is 5.29. The Morgan fingerprint density at radius 3 is 2.55 bits per heavy atom. The number of nitrogens with zero attached hydrogens (tertiary/aromatic N) is 1. The van der Waals surface area contributed by atoms with Crippen LogP contribution in [0.15, 0.2) is 6.07 Å². The van der Waals surface area contributed by atoms with E-state index in [0.717, 1.165) is 37.0 Å². The molecule has 0 radical (unpaired) electrons. The second-order valence-corrected chi connectivity index (χ2v) is 6.97. The van der Waals surface area contributed by atoms with Crippen LogP contribution in [0.4, 0.5) is 0 Å². The highest BCUT2D eigenvalue weighted by molar-refractivity contribution is 7.20. The maximum atomic E-state index is 12.6. The van der Waals surface area contributed by atoms with Crippen molar-refractivity contribution >= 4 is 46.4 Å². The number of carbonyl (C=O) groups is 2. The minimum Gasteiger partial charge on any atom is -0.468 e. The molecule has 1 fully saturated rings. The number of rotatable bonds is 4. The van der Waals surface area contributed by atoms with Crippen LogP contribution in [-0.2, 0) is 9.53 Å². The molecular formula is C13H15Cl2NO3S. The van der Waals surface area contributed by atoms with E-state index in [-0.39, 0.29) is 18.5 Å². The van der Waals surface area contributed by atoms with E-state index in [1.807, 2.05) is 0 Å². The summed E-state index contributed by atoms with van der Waals surface area (Å²) in [7, 11) is 1.31. The lowest BCUT2D eigenvalue weighted by Crippen LogP contribution is -2.42. The molecule has 0 N–H and O–H groups in total. The Balaban J connectivity index is 2.22. The zero-order valence-electron chi connectivity index (χ0n) is 11.0. The molecule has 0 spiro atoms. The normalized spacial score (nSPS) is 15.3. The van der Waals surface area contributed by atoms with E-state index in [4.69, 9.17) is 23.2 Å². The van der Waals surface area contributed by atoms with Gasteiger partial charge in [0, 0.05) is 6.04 Å². The molecule has 1 aromatic heterocycles. The summed E-state index contributed by atoms with van der Waals surface area (Å²) in [6.07, 6.45) is 3.93. The Hall–Kier alpha value is -0.780. The zero-order valence-corrected chi connectivity index (χ0v) is 13.4. The Bertz CT molecular complexity index is 512. The lowest BCUT2D eigenvalue weighted by Gasteiger charge is -2.27. The SMILES string of the molecule is COC(=O)CN(C(=O)c1cc(Cl)sc1Cl)C1CCCC1. The topological polar surface area (TPSA) is 46.6 Å². The van der Waals surface area contributed by atoms with Crippen LogP contribution in [0.5, 0.6) is 0 Å². The molecule has 0 aromatic carbocycles. The van der Waals surface area contributed by atoms with Gasteiger partial charge in [0.25, 0.3) is 5.91 Å². The van der Waals surface area contributed by atoms with E-state index in [1.54, 1.807) is 11.0 Å². The molecule has 1 aliphatic carbocycles. The molecule has 0 unspecified atom stereocenters. The Morgan fingerprint density at radius 2 is 2.05 bits per heavy atom. The minimum absolute atomic E-state index is 0.0518. The van der Waals surface area contributed by atoms with Gasteiger partial charge in [-0.2, -0.15) is 0 Å². The van der Waals surface area contributed by atoms with Gasteiger partial charge in [-0.1, -0.05) is 36.0 Å². The molecule has 1 aliphatic rings. The van der Waals surface area contributed by atoms with Gasteiger partial charge >= 0.3 is 5.97 Å². The third-order valence-electron chi connectivity index (χ3n) is 3.44. The van der Waals surface area contributed by atoms with Gasteiger partial charge in [0.05, 0.1) is 17.0 Å². The Labute approximate surface area is 131 Å². The van der Waals surface area contributed by atoms with Crippen LogP contribution in [0.3, 0.4) is 0 Å². The van der Waals surface area contributed by atoms with Crippen molar-refractivity contribution < 1.29 is 14.3 Å². The van der Waals surface area contributed by atoms with Gasteiger partial charge in [-0.3, -0.25) is 9.59 Å². The highest BCUT2D eigenvalue weighted by atomic mass is 35.5. The first-order valence-corrected chi connectivity index (χ1v) is 7.92. The van der Waals surface area contributed by atoms with Crippen molar-refractivity contribution in [2.45, 2.75) is 31.7 Å². The molecule has 1 amide bonds. The molecule has 0 atom stereocenters. The van der Waals surface area contributed by atoms with Crippen LogP contribution in [0.2, 0.25) is 8.67 Å². The third-order valence-corrected chi connectivity index (χ3v) is 4.93. The fourth-order valence-corrected chi connectivity index (χ4v) is 3.88. The molecule has 1 heterocycles. The smallest absolute Gasteiger partial charge is 0.325 e. The second kappa shape index (κ2) is 6.78. The van der Waals surface area contributed by atoms with Crippen LogP contribution < -0.4 is 0 Å². The molecule has 0 bridgehead atoms. The first kappa shape index (κ1) is 15.6. The first-order valence-electron chi connectivity index (χ1n) is 6.35. The number of thiophene rings is 1. The fourth-order valence-electron chi connectivity index (χ4n) is 2.43. The molecular weight excluding hydrogens is 321 g/mol. The summed E-state index contributed by atoms with van der Waals surface area (Å²) in [5, 5.41) is 0. The van der Waals surface area contributed by atoms with Crippen molar-refractivity contribution in [3.63, 3.8) is 0 Å². The molecule has 0 aliphatic heterocycles. The van der Waals surface area contributed by atoms with E-state index >= 15 is 0 Å². The number of halogens is 2. The lowest BCUT2D eigenvalue weighted by atomic mass is 10.1. The molecule has 20 heavy (non-hydrogen) atoms. The molecule has 7 heteroatoms. The summed E-state index contributed by atoms with van der Waals surface area (Å²) < 4.78 is 5.49. The van der Waals surface area contributed by atoms with Crippen molar-refractivity contribution in [1.29, 1.82) is 0 Å². The summed E-state index contributed by atoms with van der Waals surface area (Å²) in [5.41, 5.74) is 0.359. The molecule has 0 saturated heterocycles. The summed E-state index contributed by atoms with van der Waals surface area (Å²) in [4.78, 5) is 25.7. The number of hydrogen-bond donors (Lipinski definition) is 0. The molecule has 1 aromatic rings. The van der Waals surface area contributed by atoms with E-state index in [9.17, 15) is 9.59 Å². The van der Waals surface area contributed by atoms with Crippen molar-refractivity contribution in [2.24, 2.45) is 0 Å². The largest absolute Gasteiger partial charge is 0.468 e. The summed E-state index contributed by atoms with van der Waals surface area (Å²) in [5.74, 6) is -0.682. The van der Waals surface area contributed by atoms with Crippen LogP contribution in [0, 0.1) is 0 Å². The molecule has 110 valence electrons. The first-order chi connectivity index (χ1) is 9.52. The number of carbonyl (C=O) groups excluding carboxylic acids is 2. The number of ether oxygens (including phenoxy) is 1. The maximum absolute atomic E-state index is 12.6. The predicted octanol–water partition coefficient (Wildman–Crippen LogP) is 3.61. The summed E-state index contributed by atoms with van der Waals surface area (Å²) in [6, 6.07) is 1.62. The fraction of sp³-hybridized carbons (Fsp3) is 0.538. The van der Waals surface area contributed by atoms with Crippen LogP contribution in [0.1, 0.15) is 36.0 Å². The Morgan fingerprint density at radius 1 is 1.40 bits per heavy atom. The van der Waals surface area contributed by atoms with Crippen molar-refractivity contribution in [3.8, 4) is 0 Å². The van der Waals surface area contributed by atoms with Crippen LogP contribution in [-0.4, -0.2) is 36.5 Å².